The van der Waals surface area contributed by atoms with Crippen LogP contribution in [0.3, 0.4) is 0 Å². The molecule has 3 nitrogen and oxygen atoms in total. The summed E-state index contributed by atoms with van der Waals surface area (Å²) in [5, 5.41) is 0. The molecule has 0 aliphatic carbocycles. The zero-order valence-electron chi connectivity index (χ0n) is 6.87. The van der Waals surface area contributed by atoms with Gasteiger partial charge in [0.05, 0.1) is 6.61 Å². The fourth-order valence-corrected chi connectivity index (χ4v) is 1.54. The van der Waals surface area contributed by atoms with E-state index in [0.717, 1.165) is 13.1 Å². The van der Waals surface area contributed by atoms with Crippen molar-refractivity contribution in [3.8, 4) is 0 Å². The van der Waals surface area contributed by atoms with Gasteiger partial charge in [0.25, 0.3) is 8.53 Å². The van der Waals surface area contributed by atoms with Crippen LogP contribution in [0.15, 0.2) is 0 Å². The van der Waals surface area contributed by atoms with Crippen molar-refractivity contribution in [2.75, 3.05) is 19.7 Å². The topological polar surface area (TPSA) is 32.7 Å². The van der Waals surface area contributed by atoms with Gasteiger partial charge in [-0.25, -0.2) is 4.67 Å². The molecule has 0 rings (SSSR count). The van der Waals surface area contributed by atoms with Gasteiger partial charge >= 0.3 is 0 Å². The minimum absolute atomic E-state index is 0.582. The van der Waals surface area contributed by atoms with Gasteiger partial charge in [0.15, 0.2) is 0 Å². The highest BCUT2D eigenvalue weighted by Crippen LogP contribution is 2.35. The van der Waals surface area contributed by atoms with Crippen molar-refractivity contribution in [1.29, 1.82) is 0 Å². The van der Waals surface area contributed by atoms with Gasteiger partial charge in [-0.05, 0) is 6.92 Å². The molecule has 0 saturated heterocycles. The van der Waals surface area contributed by atoms with Crippen LogP contribution in [0.25, 0.3) is 0 Å². The molecular formula is C6H16NO2P. The Morgan fingerprint density at radius 1 is 1.30 bits per heavy atom. The molecule has 0 saturated carbocycles. The Morgan fingerprint density at radius 2 is 1.80 bits per heavy atom. The van der Waals surface area contributed by atoms with E-state index in [1.165, 1.54) is 0 Å². The Bertz CT molecular complexity index is 78.1. The lowest BCUT2D eigenvalue weighted by atomic mass is 10.7. The summed E-state index contributed by atoms with van der Waals surface area (Å²) in [6.45, 7) is 8.17. The largest absolute Gasteiger partial charge is 0.338 e. The molecule has 0 aromatic carbocycles. The zero-order valence-corrected chi connectivity index (χ0v) is 7.77. The first-order valence-corrected chi connectivity index (χ1v) is 4.79. The molecule has 0 fully saturated rings. The summed E-state index contributed by atoms with van der Waals surface area (Å²) >= 11 is 0. The lowest BCUT2D eigenvalue weighted by Gasteiger charge is -2.21. The maximum Gasteiger partial charge on any atom is 0.255 e. The van der Waals surface area contributed by atoms with E-state index >= 15 is 0 Å². The van der Waals surface area contributed by atoms with E-state index in [1.807, 2.05) is 25.4 Å². The van der Waals surface area contributed by atoms with E-state index < -0.39 is 8.53 Å². The number of rotatable bonds is 5. The molecule has 62 valence electrons. The van der Waals surface area contributed by atoms with Crippen LogP contribution in [0.4, 0.5) is 0 Å². The molecule has 1 atom stereocenters. The summed E-state index contributed by atoms with van der Waals surface area (Å²) in [4.78, 5) is 9.28. The number of hydrogen-bond donors (Lipinski definition) is 1. The molecule has 0 aliphatic rings. The normalized spacial score (nSPS) is 14.1. The predicted molar refractivity (Wildman–Crippen MR) is 43.7 cm³/mol. The maximum absolute atomic E-state index is 9.28. The molecule has 1 unspecified atom stereocenters. The van der Waals surface area contributed by atoms with Crippen molar-refractivity contribution in [3.63, 3.8) is 0 Å². The van der Waals surface area contributed by atoms with Crippen LogP contribution in [0, 0.1) is 0 Å². The third kappa shape index (κ3) is 3.47. The van der Waals surface area contributed by atoms with Gasteiger partial charge in [-0.15, -0.1) is 0 Å². The monoisotopic (exact) mass is 165 g/mol. The second kappa shape index (κ2) is 6.05. The van der Waals surface area contributed by atoms with E-state index in [2.05, 4.69) is 0 Å². The van der Waals surface area contributed by atoms with Crippen molar-refractivity contribution >= 4 is 8.53 Å². The summed E-state index contributed by atoms with van der Waals surface area (Å²) in [5.41, 5.74) is 0. The first-order valence-electron chi connectivity index (χ1n) is 3.63. The van der Waals surface area contributed by atoms with E-state index in [9.17, 15) is 4.89 Å². The minimum Gasteiger partial charge on any atom is -0.338 e. The summed E-state index contributed by atoms with van der Waals surface area (Å²) in [7, 11) is -1.31. The fourth-order valence-electron chi connectivity index (χ4n) is 0.663. The molecule has 0 aromatic rings. The van der Waals surface area contributed by atoms with E-state index in [4.69, 9.17) is 4.52 Å². The fraction of sp³-hybridized carbons (Fsp3) is 1.00. The lowest BCUT2D eigenvalue weighted by molar-refractivity contribution is 0.273. The van der Waals surface area contributed by atoms with Gasteiger partial charge < -0.3 is 9.42 Å². The average molecular weight is 165 g/mol. The Kier molecular flexibility index (Phi) is 6.24. The lowest BCUT2D eigenvalue weighted by Crippen LogP contribution is -2.17. The summed E-state index contributed by atoms with van der Waals surface area (Å²) < 4.78 is 6.93. The summed E-state index contributed by atoms with van der Waals surface area (Å²) in [5.74, 6) is 0. The maximum atomic E-state index is 9.28. The highest BCUT2D eigenvalue weighted by Gasteiger charge is 2.11. The smallest absolute Gasteiger partial charge is 0.255 e. The van der Waals surface area contributed by atoms with Gasteiger partial charge in [0.2, 0.25) is 0 Å². The van der Waals surface area contributed by atoms with Crippen LogP contribution in [0.1, 0.15) is 20.8 Å². The van der Waals surface area contributed by atoms with Gasteiger partial charge in [-0.3, -0.25) is 0 Å². The Balaban J connectivity index is 3.53. The van der Waals surface area contributed by atoms with Gasteiger partial charge in [0.1, 0.15) is 0 Å². The second-order valence-corrected chi connectivity index (χ2v) is 3.14. The van der Waals surface area contributed by atoms with Crippen LogP contribution >= 0.6 is 8.53 Å². The molecule has 0 heterocycles. The summed E-state index contributed by atoms with van der Waals surface area (Å²) in [6.07, 6.45) is 0. The van der Waals surface area contributed by atoms with E-state index in [-0.39, 0.29) is 0 Å². The van der Waals surface area contributed by atoms with Crippen LogP contribution < -0.4 is 0 Å². The zero-order chi connectivity index (χ0) is 7.98. The molecule has 4 heteroatoms. The Labute approximate surface area is 64.0 Å². The van der Waals surface area contributed by atoms with Crippen LogP contribution in [0.5, 0.6) is 0 Å². The highest BCUT2D eigenvalue weighted by molar-refractivity contribution is 7.43. The highest BCUT2D eigenvalue weighted by atomic mass is 31.2. The first kappa shape index (κ1) is 10.3. The van der Waals surface area contributed by atoms with E-state index in [0.29, 0.717) is 6.61 Å². The quantitative estimate of drug-likeness (QED) is 0.628. The second-order valence-electron chi connectivity index (χ2n) is 1.81. The molecule has 0 radical (unpaired) electrons. The van der Waals surface area contributed by atoms with Crippen molar-refractivity contribution in [3.05, 3.63) is 0 Å². The van der Waals surface area contributed by atoms with Crippen LogP contribution in [-0.2, 0) is 4.52 Å². The Hall–Kier alpha value is 0.310. The van der Waals surface area contributed by atoms with Crippen molar-refractivity contribution in [2.45, 2.75) is 20.8 Å². The SMILES string of the molecule is CCOP(O)N(CC)CC. The van der Waals surface area contributed by atoms with Gasteiger partial charge in [-0.2, -0.15) is 0 Å². The molecule has 0 spiro atoms. The standard InChI is InChI=1S/C6H16NO2P/c1-4-7(5-2)10(8)9-6-3/h8H,4-6H2,1-3H3. The molecule has 0 aliphatic heterocycles. The van der Waals surface area contributed by atoms with Crippen molar-refractivity contribution < 1.29 is 9.42 Å². The summed E-state index contributed by atoms with van der Waals surface area (Å²) in [6, 6.07) is 0. The van der Waals surface area contributed by atoms with Crippen molar-refractivity contribution in [2.24, 2.45) is 0 Å². The predicted octanol–water partition coefficient (Wildman–Crippen LogP) is 1.58. The Morgan fingerprint density at radius 3 is 2.10 bits per heavy atom. The molecule has 0 aromatic heterocycles. The minimum atomic E-state index is -1.31. The molecule has 1 N–H and O–H groups in total. The molecular weight excluding hydrogens is 149 g/mol. The molecule has 0 amide bonds. The average Bonchev–Trinajstić information content (AvgIpc) is 1.91. The third-order valence-corrected chi connectivity index (χ3v) is 2.76. The van der Waals surface area contributed by atoms with Gasteiger partial charge in [0, 0.05) is 13.1 Å². The first-order chi connectivity index (χ1) is 4.76. The van der Waals surface area contributed by atoms with Crippen LogP contribution in [-0.4, -0.2) is 29.3 Å². The molecule has 10 heavy (non-hydrogen) atoms. The molecule has 0 bridgehead atoms. The number of hydrogen-bond acceptors (Lipinski definition) is 3. The van der Waals surface area contributed by atoms with Gasteiger partial charge in [-0.1, -0.05) is 13.8 Å². The van der Waals surface area contributed by atoms with E-state index in [1.54, 1.807) is 0 Å². The van der Waals surface area contributed by atoms with Crippen LogP contribution in [0.2, 0.25) is 0 Å². The van der Waals surface area contributed by atoms with Crippen molar-refractivity contribution in [1.82, 2.24) is 4.67 Å². The number of nitrogens with zero attached hydrogens (tertiary/aromatic N) is 1. The third-order valence-electron chi connectivity index (χ3n) is 1.22.